The predicted octanol–water partition coefficient (Wildman–Crippen LogP) is 6.92. The van der Waals surface area contributed by atoms with Crippen LogP contribution in [-0.4, -0.2) is 71.5 Å². The number of nitrogens with one attached hydrogen (secondary N) is 2. The highest BCUT2D eigenvalue weighted by atomic mass is 32.1. The Balaban J connectivity index is 0.938. The van der Waals surface area contributed by atoms with Crippen molar-refractivity contribution in [2.75, 3.05) is 56.6 Å². The fourth-order valence-corrected chi connectivity index (χ4v) is 6.41. The molecule has 3 aromatic carbocycles. The molecule has 0 unspecified atom stereocenters. The van der Waals surface area contributed by atoms with Gasteiger partial charge in [-0.15, -0.1) is 0 Å². The van der Waals surface area contributed by atoms with Crippen molar-refractivity contribution in [3.63, 3.8) is 0 Å². The van der Waals surface area contributed by atoms with Gasteiger partial charge in [0.2, 0.25) is 0 Å². The van der Waals surface area contributed by atoms with Gasteiger partial charge in [0.1, 0.15) is 23.9 Å². The number of rotatable bonds is 11. The van der Waals surface area contributed by atoms with E-state index in [9.17, 15) is 4.79 Å². The molecule has 0 bridgehead atoms. The van der Waals surface area contributed by atoms with Crippen molar-refractivity contribution >= 4 is 44.1 Å². The van der Waals surface area contributed by atoms with Crippen molar-refractivity contribution in [3.8, 4) is 22.8 Å². The number of imidazole rings is 1. The van der Waals surface area contributed by atoms with Crippen LogP contribution in [0.5, 0.6) is 11.5 Å². The summed E-state index contributed by atoms with van der Waals surface area (Å²) in [5.41, 5.74) is 3.64. The molecule has 3 aromatic heterocycles. The second-order valence-corrected chi connectivity index (χ2v) is 13.0. The van der Waals surface area contributed by atoms with Crippen molar-refractivity contribution < 1.29 is 23.5 Å². The Bertz CT molecular complexity index is 1960. The van der Waals surface area contributed by atoms with Gasteiger partial charge in [0.25, 0.3) is 0 Å². The summed E-state index contributed by atoms with van der Waals surface area (Å²) >= 11 is 1.66. The van der Waals surface area contributed by atoms with Gasteiger partial charge in [0.15, 0.2) is 10.8 Å². The van der Waals surface area contributed by atoms with Crippen molar-refractivity contribution in [2.24, 2.45) is 0 Å². The van der Waals surface area contributed by atoms with Crippen molar-refractivity contribution in [3.05, 3.63) is 90.8 Å². The second-order valence-electron chi connectivity index (χ2n) is 12.0. The van der Waals surface area contributed by atoms with Gasteiger partial charge in [-0.2, -0.15) is 0 Å². The summed E-state index contributed by atoms with van der Waals surface area (Å²) in [6, 6.07) is 25.0. The van der Waals surface area contributed by atoms with Gasteiger partial charge in [-0.1, -0.05) is 60.7 Å². The summed E-state index contributed by atoms with van der Waals surface area (Å²) < 4.78 is 25.6. The van der Waals surface area contributed by atoms with Crippen molar-refractivity contribution in [1.82, 2.24) is 19.4 Å². The minimum atomic E-state index is -0.632. The molecule has 2 N–H and O–H groups in total. The number of nitrogens with zero attached hydrogens (tertiary/aromatic N) is 4. The molecule has 0 spiro atoms. The maximum Gasteiger partial charge on any atom is 0.418 e. The number of morpholine rings is 1. The van der Waals surface area contributed by atoms with E-state index in [4.69, 9.17) is 23.7 Å². The van der Waals surface area contributed by atoms with Crippen LogP contribution in [0.4, 0.5) is 16.3 Å². The molecule has 0 saturated carbocycles. The summed E-state index contributed by atoms with van der Waals surface area (Å²) in [7, 11) is 0. The third kappa shape index (κ3) is 7.25. The highest BCUT2D eigenvalue weighted by molar-refractivity contribution is 7.23. The van der Waals surface area contributed by atoms with E-state index in [0.717, 1.165) is 70.7 Å². The minimum absolute atomic E-state index is 0.291. The lowest BCUT2D eigenvalue weighted by Crippen LogP contribution is -2.38. The number of fused-ring (bicyclic) bond motifs is 3. The molecule has 6 aromatic rings. The molecule has 11 nitrogen and oxygen atoms in total. The molecule has 1 amide bonds. The number of anilines is 2. The predicted molar refractivity (Wildman–Crippen MR) is 183 cm³/mol. The van der Waals surface area contributed by atoms with Crippen LogP contribution in [0.3, 0.4) is 0 Å². The second kappa shape index (κ2) is 13.4. The summed E-state index contributed by atoms with van der Waals surface area (Å²) in [6.45, 7) is 9.76. The van der Waals surface area contributed by atoms with Crippen LogP contribution in [0, 0.1) is 0 Å². The first-order valence-electron chi connectivity index (χ1n) is 15.6. The van der Waals surface area contributed by atoms with Gasteiger partial charge in [-0.05, 0) is 42.5 Å². The zero-order chi connectivity index (χ0) is 32.2. The highest BCUT2D eigenvalue weighted by Crippen LogP contribution is 2.32. The first kappa shape index (κ1) is 30.7. The molecule has 0 aliphatic carbocycles. The number of amides is 1. The minimum Gasteiger partial charge on any atom is -0.492 e. The molecule has 1 saturated heterocycles. The van der Waals surface area contributed by atoms with Crippen LogP contribution >= 0.6 is 11.3 Å². The van der Waals surface area contributed by atoms with Crippen LogP contribution in [-0.2, 0) is 10.2 Å². The normalized spacial score (nSPS) is 14.0. The first-order chi connectivity index (χ1) is 22.9. The van der Waals surface area contributed by atoms with Crippen molar-refractivity contribution in [2.45, 2.75) is 19.3 Å². The number of carbonyl (C=O) groups is 1. The third-order valence-corrected chi connectivity index (χ3v) is 9.14. The lowest BCUT2D eigenvalue weighted by molar-refractivity contribution is 0.0322. The number of hydrogen-bond acceptors (Lipinski definition) is 10. The molecule has 1 aliphatic rings. The monoisotopic (exact) mass is 652 g/mol. The van der Waals surface area contributed by atoms with E-state index in [0.29, 0.717) is 30.5 Å². The molecule has 47 heavy (non-hydrogen) atoms. The summed E-state index contributed by atoms with van der Waals surface area (Å²) in [5, 5.41) is 10.1. The largest absolute Gasteiger partial charge is 0.492 e. The highest BCUT2D eigenvalue weighted by Gasteiger charge is 2.26. The topological polar surface area (TPSA) is 115 Å². The number of hydrogen-bond donors (Lipinski definition) is 2. The molecule has 1 fully saturated rings. The standard InChI is InChI=1S/C35H36N6O5S/c1-35(2,31-21-32(39-46-31)38-34(42)45-26-6-4-3-5-7-26)23-36-25-10-8-24(9-11-25)28-22-41-29-13-12-27(20-30(29)47-33(41)37-28)44-19-16-40-14-17-43-18-15-40/h3-13,20-22,36H,14-19,23H2,1-2H3,(H,38,39,42). The Labute approximate surface area is 276 Å². The Morgan fingerprint density at radius 2 is 1.81 bits per heavy atom. The molecule has 0 atom stereocenters. The van der Waals surface area contributed by atoms with E-state index in [1.54, 1.807) is 41.7 Å². The zero-order valence-electron chi connectivity index (χ0n) is 26.3. The Kier molecular flexibility index (Phi) is 8.79. The number of para-hydroxylation sites is 1. The lowest BCUT2D eigenvalue weighted by Gasteiger charge is -2.26. The van der Waals surface area contributed by atoms with Crippen LogP contribution < -0.4 is 20.1 Å². The molecule has 0 radical (unpaired) electrons. The summed E-state index contributed by atoms with van der Waals surface area (Å²) in [5.74, 6) is 2.25. The van der Waals surface area contributed by atoms with Gasteiger partial charge in [-0.3, -0.25) is 14.6 Å². The fourth-order valence-electron chi connectivity index (χ4n) is 5.38. The van der Waals surface area contributed by atoms with E-state index in [1.165, 1.54) is 0 Å². The molecule has 242 valence electrons. The van der Waals surface area contributed by atoms with Gasteiger partial charge >= 0.3 is 6.09 Å². The van der Waals surface area contributed by atoms with Gasteiger partial charge in [-0.25, -0.2) is 9.78 Å². The average molecular weight is 653 g/mol. The quantitative estimate of drug-likeness (QED) is 0.154. The average Bonchev–Trinajstić information content (AvgIpc) is 3.81. The molecular formula is C35H36N6O5S. The van der Waals surface area contributed by atoms with Crippen LogP contribution in [0.1, 0.15) is 19.6 Å². The van der Waals surface area contributed by atoms with E-state index in [1.807, 2.05) is 38.1 Å². The molecule has 1 aliphatic heterocycles. The number of benzene rings is 3. The van der Waals surface area contributed by atoms with Gasteiger partial charge in [0.05, 0.1) is 29.1 Å². The summed E-state index contributed by atoms with van der Waals surface area (Å²) in [4.78, 5) is 20.5. The summed E-state index contributed by atoms with van der Waals surface area (Å²) in [6.07, 6.45) is 1.45. The fraction of sp³-hybridized carbons (Fsp3) is 0.286. The maximum atomic E-state index is 12.2. The van der Waals surface area contributed by atoms with Crippen LogP contribution in [0.2, 0.25) is 0 Å². The van der Waals surface area contributed by atoms with E-state index >= 15 is 0 Å². The van der Waals surface area contributed by atoms with Gasteiger partial charge < -0.3 is 24.1 Å². The number of thiazole rings is 1. The maximum absolute atomic E-state index is 12.2. The van der Waals surface area contributed by atoms with Crippen LogP contribution in [0.25, 0.3) is 26.4 Å². The van der Waals surface area contributed by atoms with E-state index in [-0.39, 0.29) is 0 Å². The molecule has 7 rings (SSSR count). The Morgan fingerprint density at radius 3 is 2.62 bits per heavy atom. The Hall–Kier alpha value is -4.91. The first-order valence-corrected chi connectivity index (χ1v) is 16.4. The number of aromatic nitrogens is 3. The SMILES string of the molecule is CC(C)(CNc1ccc(-c2cn3c(n2)sc2cc(OCCN4CCOCC4)ccc23)cc1)c1cc(NC(=O)Oc2ccccc2)no1. The van der Waals surface area contributed by atoms with E-state index < -0.39 is 11.5 Å². The molecule has 4 heterocycles. The Morgan fingerprint density at radius 1 is 1.00 bits per heavy atom. The molecular weight excluding hydrogens is 616 g/mol. The number of carbonyl (C=O) groups excluding carboxylic acids is 1. The third-order valence-electron chi connectivity index (χ3n) is 8.12. The zero-order valence-corrected chi connectivity index (χ0v) is 27.1. The van der Waals surface area contributed by atoms with Crippen molar-refractivity contribution in [1.29, 1.82) is 0 Å². The van der Waals surface area contributed by atoms with E-state index in [2.05, 4.69) is 55.6 Å². The smallest absolute Gasteiger partial charge is 0.418 e. The van der Waals surface area contributed by atoms with Crippen LogP contribution in [0.15, 0.2) is 89.6 Å². The molecule has 12 heteroatoms. The number of ether oxygens (including phenoxy) is 3. The van der Waals surface area contributed by atoms with Gasteiger partial charge in [0, 0.05) is 55.1 Å². The lowest BCUT2D eigenvalue weighted by atomic mass is 9.90.